The van der Waals surface area contributed by atoms with Crippen molar-refractivity contribution in [3.05, 3.63) is 34.1 Å². The summed E-state index contributed by atoms with van der Waals surface area (Å²) in [7, 11) is 1.51. The van der Waals surface area contributed by atoms with Gasteiger partial charge >= 0.3 is 6.09 Å². The Bertz CT molecular complexity index is 519. The third kappa shape index (κ3) is 7.25. The van der Waals surface area contributed by atoms with Crippen LogP contribution in [0.3, 0.4) is 0 Å². The van der Waals surface area contributed by atoms with E-state index in [2.05, 4.69) is 32.9 Å². The first kappa shape index (κ1) is 18.2. The summed E-state index contributed by atoms with van der Waals surface area (Å²) in [5.41, 5.74) is 0. The number of likely N-dealkylation sites (N-methyl/N-ethyl adjacent to an activating group) is 1. The zero-order valence-electron chi connectivity index (χ0n) is 12.2. The van der Waals surface area contributed by atoms with Crippen LogP contribution in [0.2, 0.25) is 0 Å². The van der Waals surface area contributed by atoms with Crippen LogP contribution in [0.15, 0.2) is 30.5 Å². The van der Waals surface area contributed by atoms with Gasteiger partial charge in [-0.2, -0.15) is 0 Å². The summed E-state index contributed by atoms with van der Waals surface area (Å²) in [6.07, 6.45) is 4.02. The SMILES string of the molecule is CNC(=O)C=CCN(CCCOc1ccc(I)cn1)C(=O)O. The molecular weight excluding hydrogens is 401 g/mol. The lowest BCUT2D eigenvalue weighted by molar-refractivity contribution is -0.116. The van der Waals surface area contributed by atoms with E-state index in [1.54, 1.807) is 12.3 Å². The van der Waals surface area contributed by atoms with Crippen molar-refractivity contribution >= 4 is 34.6 Å². The molecule has 120 valence electrons. The van der Waals surface area contributed by atoms with Crippen LogP contribution in [0.5, 0.6) is 5.88 Å². The van der Waals surface area contributed by atoms with E-state index >= 15 is 0 Å². The molecular formula is C14H18IN3O4. The maximum Gasteiger partial charge on any atom is 0.407 e. The fraction of sp³-hybridized carbons (Fsp3) is 0.357. The van der Waals surface area contributed by atoms with Gasteiger partial charge in [-0.3, -0.25) is 4.79 Å². The summed E-state index contributed by atoms with van der Waals surface area (Å²) in [6.45, 7) is 0.846. The van der Waals surface area contributed by atoms with Crippen LogP contribution < -0.4 is 10.1 Å². The maximum absolute atomic E-state index is 11.1. The number of aromatic nitrogens is 1. The highest BCUT2D eigenvalue weighted by atomic mass is 127. The van der Waals surface area contributed by atoms with Crippen LogP contribution in [0, 0.1) is 3.57 Å². The van der Waals surface area contributed by atoms with E-state index in [0.29, 0.717) is 25.5 Å². The first-order valence-electron chi connectivity index (χ1n) is 6.63. The number of hydrogen-bond acceptors (Lipinski definition) is 4. The van der Waals surface area contributed by atoms with Gasteiger partial charge < -0.3 is 20.1 Å². The minimum atomic E-state index is -1.03. The Morgan fingerprint density at radius 3 is 2.86 bits per heavy atom. The summed E-state index contributed by atoms with van der Waals surface area (Å²) >= 11 is 2.15. The maximum atomic E-state index is 11.1. The molecule has 0 atom stereocenters. The van der Waals surface area contributed by atoms with Gasteiger partial charge in [-0.1, -0.05) is 6.08 Å². The third-order valence-corrected chi connectivity index (χ3v) is 3.27. The largest absolute Gasteiger partial charge is 0.478 e. The fourth-order valence-corrected chi connectivity index (χ4v) is 1.83. The number of pyridine rings is 1. The van der Waals surface area contributed by atoms with Gasteiger partial charge in [0.15, 0.2) is 0 Å². The van der Waals surface area contributed by atoms with Crippen molar-refractivity contribution in [2.45, 2.75) is 6.42 Å². The first-order valence-corrected chi connectivity index (χ1v) is 7.71. The van der Waals surface area contributed by atoms with Crippen LogP contribution >= 0.6 is 22.6 Å². The molecule has 22 heavy (non-hydrogen) atoms. The monoisotopic (exact) mass is 419 g/mol. The van der Waals surface area contributed by atoms with Crippen LogP contribution in [-0.2, 0) is 4.79 Å². The highest BCUT2D eigenvalue weighted by Crippen LogP contribution is 2.09. The number of carbonyl (C=O) groups is 2. The van der Waals surface area contributed by atoms with Crippen molar-refractivity contribution in [3.63, 3.8) is 0 Å². The average Bonchev–Trinajstić information content (AvgIpc) is 2.50. The highest BCUT2D eigenvalue weighted by molar-refractivity contribution is 14.1. The van der Waals surface area contributed by atoms with Crippen LogP contribution in [0.4, 0.5) is 4.79 Å². The van der Waals surface area contributed by atoms with Gasteiger partial charge in [0, 0.05) is 42.0 Å². The number of rotatable bonds is 8. The molecule has 0 radical (unpaired) electrons. The molecule has 2 amide bonds. The molecule has 1 rings (SSSR count). The third-order valence-electron chi connectivity index (χ3n) is 2.63. The predicted octanol–water partition coefficient (Wildman–Crippen LogP) is 1.74. The zero-order valence-corrected chi connectivity index (χ0v) is 14.3. The molecule has 0 saturated heterocycles. The van der Waals surface area contributed by atoms with Gasteiger partial charge in [0.2, 0.25) is 11.8 Å². The standard InChI is InChI=1S/C14H18IN3O4/c1-16-12(19)4-2-7-18(14(20)21)8-3-9-22-13-6-5-11(15)10-17-13/h2,4-6,10H,3,7-9H2,1H3,(H,16,19)(H,20,21). The van der Waals surface area contributed by atoms with Crippen LogP contribution in [0.25, 0.3) is 0 Å². The van der Waals surface area contributed by atoms with E-state index in [-0.39, 0.29) is 12.5 Å². The second-order valence-corrected chi connectivity index (χ2v) is 5.51. The molecule has 0 fully saturated rings. The number of nitrogens with zero attached hydrogens (tertiary/aromatic N) is 2. The molecule has 0 aliphatic rings. The van der Waals surface area contributed by atoms with Crippen molar-refractivity contribution < 1.29 is 19.4 Å². The minimum absolute atomic E-state index is 0.157. The summed E-state index contributed by atoms with van der Waals surface area (Å²) in [6, 6.07) is 3.65. The second-order valence-electron chi connectivity index (χ2n) is 4.26. The number of ether oxygens (including phenoxy) is 1. The Balaban J connectivity index is 2.32. The predicted molar refractivity (Wildman–Crippen MR) is 89.9 cm³/mol. The van der Waals surface area contributed by atoms with Gasteiger partial charge in [-0.05, 0) is 35.1 Å². The minimum Gasteiger partial charge on any atom is -0.478 e. The number of carbonyl (C=O) groups excluding carboxylic acids is 1. The molecule has 8 heteroatoms. The Morgan fingerprint density at radius 2 is 2.27 bits per heavy atom. The van der Waals surface area contributed by atoms with Crippen LogP contribution in [-0.4, -0.2) is 53.7 Å². The van der Waals surface area contributed by atoms with Gasteiger partial charge in [-0.25, -0.2) is 9.78 Å². The number of nitrogens with one attached hydrogen (secondary N) is 1. The summed E-state index contributed by atoms with van der Waals surface area (Å²) in [5, 5.41) is 11.5. The highest BCUT2D eigenvalue weighted by Gasteiger charge is 2.09. The van der Waals surface area contributed by atoms with E-state index in [1.165, 1.54) is 24.1 Å². The molecule has 0 saturated carbocycles. The number of hydrogen-bond donors (Lipinski definition) is 2. The van der Waals surface area contributed by atoms with E-state index in [0.717, 1.165) is 3.57 Å². The molecule has 0 unspecified atom stereocenters. The van der Waals surface area contributed by atoms with E-state index in [9.17, 15) is 9.59 Å². The van der Waals surface area contributed by atoms with E-state index in [1.807, 2.05) is 6.07 Å². The van der Waals surface area contributed by atoms with E-state index < -0.39 is 6.09 Å². The van der Waals surface area contributed by atoms with Crippen molar-refractivity contribution in [1.82, 2.24) is 15.2 Å². The quantitative estimate of drug-likeness (QED) is 0.381. The molecule has 1 aromatic rings. The number of carboxylic acid groups (broad SMARTS) is 1. The lowest BCUT2D eigenvalue weighted by atomic mass is 10.3. The molecule has 1 aromatic heterocycles. The van der Waals surface area contributed by atoms with Gasteiger partial charge in [-0.15, -0.1) is 0 Å². The van der Waals surface area contributed by atoms with E-state index in [4.69, 9.17) is 9.84 Å². The van der Waals surface area contributed by atoms with Crippen LogP contribution in [0.1, 0.15) is 6.42 Å². The van der Waals surface area contributed by atoms with Crippen molar-refractivity contribution in [2.75, 3.05) is 26.7 Å². The number of halogens is 1. The topological polar surface area (TPSA) is 91.8 Å². The molecule has 0 aliphatic heterocycles. The molecule has 1 heterocycles. The molecule has 0 aliphatic carbocycles. The zero-order chi connectivity index (χ0) is 16.4. The molecule has 0 aromatic carbocycles. The second kappa shape index (κ2) is 9.98. The lowest BCUT2D eigenvalue weighted by Gasteiger charge is -2.17. The molecule has 7 nitrogen and oxygen atoms in total. The lowest BCUT2D eigenvalue weighted by Crippen LogP contribution is -2.31. The van der Waals surface area contributed by atoms with Gasteiger partial charge in [0.05, 0.1) is 6.61 Å². The Hall–Kier alpha value is -1.84. The summed E-state index contributed by atoms with van der Waals surface area (Å²) in [5.74, 6) is 0.250. The van der Waals surface area contributed by atoms with Crippen molar-refractivity contribution in [1.29, 1.82) is 0 Å². The Labute approximate surface area is 142 Å². The normalized spacial score (nSPS) is 10.5. The first-order chi connectivity index (χ1) is 10.5. The van der Waals surface area contributed by atoms with Crippen molar-refractivity contribution in [2.24, 2.45) is 0 Å². The molecule has 0 spiro atoms. The fourth-order valence-electron chi connectivity index (χ4n) is 1.52. The summed E-state index contributed by atoms with van der Waals surface area (Å²) < 4.78 is 6.45. The Morgan fingerprint density at radius 1 is 1.50 bits per heavy atom. The average molecular weight is 419 g/mol. The number of amides is 2. The molecule has 2 N–H and O–H groups in total. The van der Waals surface area contributed by atoms with Gasteiger partial charge in [0.25, 0.3) is 0 Å². The van der Waals surface area contributed by atoms with Crippen molar-refractivity contribution in [3.8, 4) is 5.88 Å². The van der Waals surface area contributed by atoms with Gasteiger partial charge in [0.1, 0.15) is 0 Å². The molecule has 0 bridgehead atoms. The smallest absolute Gasteiger partial charge is 0.407 e. The summed E-state index contributed by atoms with van der Waals surface area (Å²) in [4.78, 5) is 27.4. The Kier molecular flexibility index (Phi) is 8.26.